The number of rotatable bonds is 6. The van der Waals surface area contributed by atoms with Crippen LogP contribution in [0.15, 0.2) is 54.6 Å². The molecule has 0 atom stereocenters. The van der Waals surface area contributed by atoms with Crippen molar-refractivity contribution in [1.29, 1.82) is 0 Å². The molecule has 0 aliphatic rings. The van der Waals surface area contributed by atoms with Crippen molar-refractivity contribution in [2.75, 3.05) is 20.2 Å². The van der Waals surface area contributed by atoms with Gasteiger partial charge in [-0.15, -0.1) is 0 Å². The van der Waals surface area contributed by atoms with E-state index in [1.165, 1.54) is 0 Å². The Balaban J connectivity index is 1.91. The lowest BCUT2D eigenvalue weighted by molar-refractivity contribution is 0.318. The Morgan fingerprint density at radius 3 is 2.11 bits per heavy atom. The van der Waals surface area contributed by atoms with Crippen molar-refractivity contribution in [1.82, 2.24) is 5.32 Å². The number of ether oxygens (including phenoxy) is 2. The third-order valence-corrected chi connectivity index (χ3v) is 2.42. The largest absolute Gasteiger partial charge is 0.492 e. The van der Waals surface area contributed by atoms with Crippen LogP contribution in [0.3, 0.4) is 0 Å². The van der Waals surface area contributed by atoms with Crippen LogP contribution >= 0.6 is 0 Å². The maximum Gasteiger partial charge on any atom is 0.127 e. The van der Waals surface area contributed by atoms with Gasteiger partial charge in [0.05, 0.1) is 0 Å². The lowest BCUT2D eigenvalue weighted by Gasteiger charge is -2.08. The van der Waals surface area contributed by atoms with Crippen LogP contribution in [0.25, 0.3) is 0 Å². The Kier molecular flexibility index (Phi) is 4.61. The molecule has 0 aromatic heterocycles. The minimum Gasteiger partial charge on any atom is -0.492 e. The number of hydrogen-bond acceptors (Lipinski definition) is 3. The highest BCUT2D eigenvalue weighted by molar-refractivity contribution is 5.35. The summed E-state index contributed by atoms with van der Waals surface area (Å²) < 4.78 is 11.2. The van der Waals surface area contributed by atoms with E-state index in [2.05, 4.69) is 5.32 Å². The van der Waals surface area contributed by atoms with E-state index >= 15 is 0 Å². The van der Waals surface area contributed by atoms with Crippen LogP contribution < -0.4 is 14.8 Å². The molecule has 0 saturated heterocycles. The summed E-state index contributed by atoms with van der Waals surface area (Å²) in [5.74, 6) is 2.49. The predicted molar refractivity (Wildman–Crippen MR) is 72.4 cm³/mol. The second kappa shape index (κ2) is 6.67. The van der Waals surface area contributed by atoms with Gasteiger partial charge in [-0.1, -0.05) is 18.2 Å². The van der Waals surface area contributed by atoms with E-state index in [0.29, 0.717) is 6.61 Å². The second-order valence-corrected chi connectivity index (χ2v) is 3.84. The Morgan fingerprint density at radius 1 is 0.833 bits per heavy atom. The molecule has 0 amide bonds. The van der Waals surface area contributed by atoms with Crippen molar-refractivity contribution < 1.29 is 9.47 Å². The van der Waals surface area contributed by atoms with E-state index in [0.717, 1.165) is 23.8 Å². The molecule has 0 fully saturated rings. The van der Waals surface area contributed by atoms with E-state index in [-0.39, 0.29) is 0 Å². The third kappa shape index (κ3) is 3.79. The number of hydrogen-bond donors (Lipinski definition) is 1. The topological polar surface area (TPSA) is 30.5 Å². The molecule has 0 spiro atoms. The lowest BCUT2D eigenvalue weighted by atomic mass is 10.3. The molecule has 94 valence electrons. The molecule has 0 radical (unpaired) electrons. The van der Waals surface area contributed by atoms with Gasteiger partial charge in [-0.25, -0.2) is 0 Å². The van der Waals surface area contributed by atoms with Gasteiger partial charge in [0.25, 0.3) is 0 Å². The lowest BCUT2D eigenvalue weighted by Crippen LogP contribution is -2.15. The normalized spacial score (nSPS) is 10.1. The van der Waals surface area contributed by atoms with Gasteiger partial charge >= 0.3 is 0 Å². The van der Waals surface area contributed by atoms with E-state index in [4.69, 9.17) is 9.47 Å². The number of benzene rings is 2. The van der Waals surface area contributed by atoms with Crippen molar-refractivity contribution in [3.05, 3.63) is 54.6 Å². The standard InChI is InChI=1S/C15H17NO2/c1-16-11-12-17-13-7-9-15(10-8-13)18-14-5-3-2-4-6-14/h2-10,16H,11-12H2,1H3. The van der Waals surface area contributed by atoms with Crippen molar-refractivity contribution >= 4 is 0 Å². The second-order valence-electron chi connectivity index (χ2n) is 3.84. The van der Waals surface area contributed by atoms with Gasteiger partial charge in [0.2, 0.25) is 0 Å². The zero-order valence-electron chi connectivity index (χ0n) is 10.4. The minimum absolute atomic E-state index is 0.662. The van der Waals surface area contributed by atoms with Crippen LogP contribution in [0, 0.1) is 0 Å². The Hall–Kier alpha value is -2.00. The average molecular weight is 243 g/mol. The summed E-state index contributed by atoms with van der Waals surface area (Å²) in [5.41, 5.74) is 0. The van der Waals surface area contributed by atoms with Gasteiger partial charge < -0.3 is 14.8 Å². The quantitative estimate of drug-likeness (QED) is 0.791. The number of para-hydroxylation sites is 1. The van der Waals surface area contributed by atoms with Gasteiger partial charge in [-0.3, -0.25) is 0 Å². The van der Waals surface area contributed by atoms with Crippen molar-refractivity contribution in [3.63, 3.8) is 0 Å². The highest BCUT2D eigenvalue weighted by Crippen LogP contribution is 2.23. The number of likely N-dealkylation sites (N-methyl/N-ethyl adjacent to an activating group) is 1. The van der Waals surface area contributed by atoms with Crippen molar-refractivity contribution in [2.45, 2.75) is 0 Å². The first kappa shape index (κ1) is 12.5. The summed E-state index contributed by atoms with van der Waals surface area (Å²) >= 11 is 0. The first-order valence-electron chi connectivity index (χ1n) is 5.99. The molecular formula is C15H17NO2. The average Bonchev–Trinajstić information content (AvgIpc) is 2.42. The monoisotopic (exact) mass is 243 g/mol. The summed E-state index contributed by atoms with van der Waals surface area (Å²) in [4.78, 5) is 0. The zero-order chi connectivity index (χ0) is 12.6. The smallest absolute Gasteiger partial charge is 0.127 e. The fourth-order valence-electron chi connectivity index (χ4n) is 1.50. The van der Waals surface area contributed by atoms with Gasteiger partial charge in [0, 0.05) is 6.54 Å². The van der Waals surface area contributed by atoms with E-state index in [1.807, 2.05) is 61.6 Å². The molecule has 2 rings (SSSR count). The first-order chi connectivity index (χ1) is 8.88. The van der Waals surface area contributed by atoms with Gasteiger partial charge in [0.15, 0.2) is 0 Å². The van der Waals surface area contributed by atoms with Crippen molar-refractivity contribution in [2.24, 2.45) is 0 Å². The summed E-state index contributed by atoms with van der Waals surface area (Å²) in [5, 5.41) is 3.03. The highest BCUT2D eigenvalue weighted by atomic mass is 16.5. The van der Waals surface area contributed by atoms with E-state index in [1.54, 1.807) is 0 Å². The molecule has 3 nitrogen and oxygen atoms in total. The Morgan fingerprint density at radius 2 is 1.44 bits per heavy atom. The molecule has 3 heteroatoms. The van der Waals surface area contributed by atoms with E-state index < -0.39 is 0 Å². The molecule has 0 saturated carbocycles. The first-order valence-corrected chi connectivity index (χ1v) is 5.99. The summed E-state index contributed by atoms with van der Waals surface area (Å²) in [6, 6.07) is 17.3. The molecule has 0 bridgehead atoms. The molecule has 0 aliphatic carbocycles. The molecule has 18 heavy (non-hydrogen) atoms. The zero-order valence-corrected chi connectivity index (χ0v) is 10.4. The summed E-state index contributed by atoms with van der Waals surface area (Å²) in [7, 11) is 1.90. The van der Waals surface area contributed by atoms with Gasteiger partial charge in [-0.05, 0) is 43.4 Å². The van der Waals surface area contributed by atoms with Crippen LogP contribution in [0.2, 0.25) is 0 Å². The minimum atomic E-state index is 0.662. The molecule has 0 aliphatic heterocycles. The van der Waals surface area contributed by atoms with E-state index in [9.17, 15) is 0 Å². The molecular weight excluding hydrogens is 226 g/mol. The molecule has 1 N–H and O–H groups in total. The predicted octanol–water partition coefficient (Wildman–Crippen LogP) is 3.08. The van der Waals surface area contributed by atoms with Crippen LogP contribution in [-0.2, 0) is 0 Å². The summed E-state index contributed by atoms with van der Waals surface area (Å²) in [6.07, 6.45) is 0. The van der Waals surface area contributed by atoms with Crippen LogP contribution in [0.4, 0.5) is 0 Å². The van der Waals surface area contributed by atoms with Crippen LogP contribution in [0.5, 0.6) is 17.2 Å². The molecule has 2 aromatic carbocycles. The summed E-state index contributed by atoms with van der Waals surface area (Å²) in [6.45, 7) is 1.50. The Labute approximate surface area is 107 Å². The molecule has 2 aromatic rings. The SMILES string of the molecule is CNCCOc1ccc(Oc2ccccc2)cc1. The third-order valence-electron chi connectivity index (χ3n) is 2.42. The molecule has 0 unspecified atom stereocenters. The van der Waals surface area contributed by atoms with Crippen LogP contribution in [0.1, 0.15) is 0 Å². The fourth-order valence-corrected chi connectivity index (χ4v) is 1.50. The molecule has 0 heterocycles. The van der Waals surface area contributed by atoms with Gasteiger partial charge in [0.1, 0.15) is 23.9 Å². The maximum absolute atomic E-state index is 5.69. The fraction of sp³-hybridized carbons (Fsp3) is 0.200. The van der Waals surface area contributed by atoms with Crippen LogP contribution in [-0.4, -0.2) is 20.2 Å². The highest BCUT2D eigenvalue weighted by Gasteiger charge is 1.97. The number of nitrogens with one attached hydrogen (secondary N) is 1. The van der Waals surface area contributed by atoms with Gasteiger partial charge in [-0.2, -0.15) is 0 Å². The van der Waals surface area contributed by atoms with Crippen molar-refractivity contribution in [3.8, 4) is 17.2 Å². The Bertz CT molecular complexity index is 454. The maximum atomic E-state index is 5.69.